The molecule has 0 amide bonds. The van der Waals surface area contributed by atoms with Crippen LogP contribution in [0.1, 0.15) is 11.0 Å². The summed E-state index contributed by atoms with van der Waals surface area (Å²) >= 11 is 5.99. The minimum atomic E-state index is 0.820. The van der Waals surface area contributed by atoms with Crippen molar-refractivity contribution in [1.82, 2.24) is 0 Å². The van der Waals surface area contributed by atoms with E-state index in [0.717, 1.165) is 11.4 Å². The van der Waals surface area contributed by atoms with Crippen LogP contribution in [0.4, 0.5) is 0 Å². The van der Waals surface area contributed by atoms with Crippen LogP contribution >= 0.6 is 11.6 Å². The zero-order valence-corrected chi connectivity index (χ0v) is 8.38. The van der Waals surface area contributed by atoms with Gasteiger partial charge < -0.3 is 0 Å². The Hall–Kier alpha value is -1.08. The van der Waals surface area contributed by atoms with Gasteiger partial charge in [0.1, 0.15) is 0 Å². The normalized spacial score (nSPS) is 12.1. The Morgan fingerprint density at radius 1 is 1.14 bits per heavy atom. The zero-order valence-electron chi connectivity index (χ0n) is 7.63. The molecule has 0 nitrogen and oxygen atoms in total. The molecule has 0 unspecified atom stereocenters. The van der Waals surface area contributed by atoms with Crippen LogP contribution in [0.3, 0.4) is 0 Å². The molecule has 1 aliphatic carbocycles. The predicted octanol–water partition coefficient (Wildman–Crippen LogP) is 3.25. The van der Waals surface area contributed by atoms with E-state index in [1.807, 2.05) is 5.96 Å². The third-order valence-corrected chi connectivity index (χ3v) is 3.00. The van der Waals surface area contributed by atoms with Gasteiger partial charge in [0.25, 0.3) is 0 Å². The van der Waals surface area contributed by atoms with Gasteiger partial charge in [-0.2, -0.15) is 0 Å². The van der Waals surface area contributed by atoms with E-state index in [-0.39, 0.29) is 0 Å². The summed E-state index contributed by atoms with van der Waals surface area (Å²) in [7, 11) is 0. The van der Waals surface area contributed by atoms with Gasteiger partial charge in [0, 0.05) is 0 Å². The molecule has 0 bridgehead atoms. The fourth-order valence-electron chi connectivity index (χ4n) is 2.10. The van der Waals surface area contributed by atoms with Crippen LogP contribution < -0.4 is 0 Å². The second kappa shape index (κ2) is 2.96. The molecule has 0 atom stereocenters. The predicted molar refractivity (Wildman–Crippen MR) is 61.0 cm³/mol. The molecule has 0 saturated carbocycles. The number of hydrogen-bond donors (Lipinski definition) is 0. The Morgan fingerprint density at radius 2 is 2.00 bits per heavy atom. The third-order valence-electron chi connectivity index (χ3n) is 2.76. The third kappa shape index (κ3) is 1.13. The van der Waals surface area contributed by atoms with E-state index >= 15 is 0 Å². The van der Waals surface area contributed by atoms with Crippen molar-refractivity contribution in [3.63, 3.8) is 0 Å². The van der Waals surface area contributed by atoms with Crippen molar-refractivity contribution in [3.05, 3.63) is 52.3 Å². The molecule has 0 aliphatic heterocycles. The van der Waals surface area contributed by atoms with E-state index in [9.17, 15) is 0 Å². The topological polar surface area (TPSA) is 0 Å². The molecular weight excluding hydrogens is 190 g/mol. The molecular formula is C12H8BCl. The van der Waals surface area contributed by atoms with Crippen molar-refractivity contribution >= 4 is 18.5 Å². The maximum absolute atomic E-state index is 5.99. The van der Waals surface area contributed by atoms with E-state index in [4.69, 9.17) is 11.6 Å². The molecule has 1 aromatic carbocycles. The monoisotopic (exact) mass is 198 g/mol. The van der Waals surface area contributed by atoms with Gasteiger partial charge in [-0.25, -0.2) is 0 Å². The van der Waals surface area contributed by atoms with Gasteiger partial charge in [-0.1, -0.05) is 0 Å². The molecule has 1 heterocycles. The maximum atomic E-state index is 5.99. The van der Waals surface area contributed by atoms with Gasteiger partial charge >= 0.3 is 88.4 Å². The van der Waals surface area contributed by atoms with Gasteiger partial charge in [0.15, 0.2) is 0 Å². The number of fused-ring (bicyclic) bond motifs is 3. The van der Waals surface area contributed by atoms with E-state index in [0.29, 0.717) is 0 Å². The molecule has 0 N–H and O–H groups in total. The van der Waals surface area contributed by atoms with Crippen LogP contribution in [0.25, 0.3) is 11.1 Å². The summed E-state index contributed by atoms with van der Waals surface area (Å²) in [5.74, 6) is 1.96. The zero-order chi connectivity index (χ0) is 9.54. The molecule has 0 spiro atoms. The van der Waals surface area contributed by atoms with Crippen molar-refractivity contribution in [1.29, 1.82) is 0 Å². The van der Waals surface area contributed by atoms with E-state index < -0.39 is 0 Å². The summed E-state index contributed by atoms with van der Waals surface area (Å²) in [6, 6.07) is 10.6. The summed E-state index contributed by atoms with van der Waals surface area (Å²) in [5, 5.41) is 0.820. The van der Waals surface area contributed by atoms with Crippen molar-refractivity contribution < 1.29 is 0 Å². The second-order valence-electron chi connectivity index (χ2n) is 3.64. The van der Waals surface area contributed by atoms with Gasteiger partial charge in [0.2, 0.25) is 0 Å². The van der Waals surface area contributed by atoms with Crippen LogP contribution in [-0.4, -0.2) is 6.91 Å². The minimum absolute atomic E-state index is 0.820. The Kier molecular flexibility index (Phi) is 1.75. The van der Waals surface area contributed by atoms with Crippen molar-refractivity contribution in [2.24, 2.45) is 0 Å². The number of hydrogen-bond acceptors (Lipinski definition) is 0. The number of benzene rings is 1. The summed E-state index contributed by atoms with van der Waals surface area (Å²) in [4.78, 5) is 0. The Labute approximate surface area is 88.8 Å². The molecule has 2 aromatic rings. The average molecular weight is 198 g/mol. The van der Waals surface area contributed by atoms with Crippen LogP contribution in [0.5, 0.6) is 0 Å². The molecule has 0 fully saturated rings. The van der Waals surface area contributed by atoms with Gasteiger partial charge in [-0.05, 0) is 0 Å². The number of rotatable bonds is 0. The molecule has 0 radical (unpaired) electrons. The molecule has 1 aliphatic rings. The molecule has 0 saturated heterocycles. The van der Waals surface area contributed by atoms with Crippen LogP contribution in [0, 0.1) is 0 Å². The summed E-state index contributed by atoms with van der Waals surface area (Å²) in [5.41, 5.74) is 5.43. The van der Waals surface area contributed by atoms with Crippen molar-refractivity contribution in [3.8, 4) is 11.1 Å². The fourth-order valence-corrected chi connectivity index (χ4v) is 2.27. The SMILES string of the molecule is Clc1cbc2c(c1)-c1ccccc1C2. The molecule has 3 rings (SSSR count). The van der Waals surface area contributed by atoms with Gasteiger partial charge in [0.05, 0.1) is 0 Å². The summed E-state index contributed by atoms with van der Waals surface area (Å²) in [6.07, 6.45) is 1.04. The Balaban J connectivity index is 2.30. The van der Waals surface area contributed by atoms with E-state index in [1.54, 1.807) is 0 Å². The fraction of sp³-hybridized carbons (Fsp3) is 0.0833. The van der Waals surface area contributed by atoms with Crippen LogP contribution in [0.15, 0.2) is 36.3 Å². The molecule has 66 valence electrons. The van der Waals surface area contributed by atoms with Gasteiger partial charge in [-0.15, -0.1) is 0 Å². The average Bonchev–Trinajstić information content (AvgIpc) is 2.56. The van der Waals surface area contributed by atoms with Crippen LogP contribution in [-0.2, 0) is 6.42 Å². The first-order valence-electron chi connectivity index (χ1n) is 4.71. The molecule has 2 heteroatoms. The summed E-state index contributed by atoms with van der Waals surface area (Å²) < 4.78 is 0. The van der Waals surface area contributed by atoms with Crippen molar-refractivity contribution in [2.75, 3.05) is 0 Å². The van der Waals surface area contributed by atoms with E-state index in [1.165, 1.54) is 22.1 Å². The Morgan fingerprint density at radius 3 is 2.93 bits per heavy atom. The quantitative estimate of drug-likeness (QED) is 0.520. The first-order valence-corrected chi connectivity index (χ1v) is 5.09. The second-order valence-corrected chi connectivity index (χ2v) is 4.07. The summed E-state index contributed by atoms with van der Waals surface area (Å²) in [6.45, 7) is 2.12. The first kappa shape index (κ1) is 8.25. The number of halogens is 1. The standard InChI is InChI=1S/C12H8BCl/c14-9-6-11-10-4-2-1-3-8(10)5-12(11)13-7-9/h1-4,6-7H,5H2. The first-order chi connectivity index (χ1) is 6.84. The Bertz CT molecular complexity index is 505. The van der Waals surface area contributed by atoms with Crippen molar-refractivity contribution in [2.45, 2.75) is 6.42 Å². The van der Waals surface area contributed by atoms with Crippen LogP contribution in [0.2, 0.25) is 5.02 Å². The van der Waals surface area contributed by atoms with Gasteiger partial charge in [-0.3, -0.25) is 0 Å². The molecule has 1 aromatic heterocycles. The molecule has 14 heavy (non-hydrogen) atoms. The van der Waals surface area contributed by atoms with E-state index in [2.05, 4.69) is 37.2 Å².